The quantitative estimate of drug-likeness (QED) is 0.492. The van der Waals surface area contributed by atoms with Crippen molar-refractivity contribution >= 4 is 34.7 Å². The molecule has 29 heavy (non-hydrogen) atoms. The van der Waals surface area contributed by atoms with E-state index in [4.69, 9.17) is 16.7 Å². The van der Waals surface area contributed by atoms with Gasteiger partial charge in [-0.25, -0.2) is 5.01 Å². The van der Waals surface area contributed by atoms with Crippen LogP contribution in [0.4, 0.5) is 11.4 Å². The molecule has 0 aromatic heterocycles. The Labute approximate surface area is 177 Å². The smallest absolute Gasteiger partial charge is 0.269 e. The number of anilines is 1. The zero-order valence-corrected chi connectivity index (χ0v) is 17.3. The molecule has 0 bridgehead atoms. The van der Waals surface area contributed by atoms with Crippen molar-refractivity contribution in [2.75, 3.05) is 23.9 Å². The van der Waals surface area contributed by atoms with Gasteiger partial charge in [0.15, 0.2) is 5.66 Å². The van der Waals surface area contributed by atoms with E-state index >= 15 is 0 Å². The Morgan fingerprint density at radius 2 is 1.93 bits per heavy atom. The van der Waals surface area contributed by atoms with Crippen LogP contribution in [0.3, 0.4) is 0 Å². The number of hydrogen-bond acceptors (Lipinski definition) is 7. The lowest BCUT2D eigenvalue weighted by Gasteiger charge is -2.46. The molecule has 3 heterocycles. The first-order valence-corrected chi connectivity index (χ1v) is 11.1. The minimum absolute atomic E-state index is 0.0250. The van der Waals surface area contributed by atoms with Crippen molar-refractivity contribution in [1.29, 1.82) is 0 Å². The van der Waals surface area contributed by atoms with E-state index in [0.29, 0.717) is 5.02 Å². The fraction of sp³-hybridized carbons (Fsp3) is 0.400. The van der Waals surface area contributed by atoms with Crippen LogP contribution in [0, 0.1) is 10.1 Å². The molecule has 2 atom stereocenters. The molecule has 5 rings (SSSR count). The molecule has 2 unspecified atom stereocenters. The summed E-state index contributed by atoms with van der Waals surface area (Å²) < 4.78 is 0. The van der Waals surface area contributed by atoms with Crippen LogP contribution in [-0.2, 0) is 5.66 Å². The molecule has 2 aromatic carbocycles. The number of non-ortho nitro benzene ring substituents is 1. The molecule has 1 fully saturated rings. The maximum atomic E-state index is 11.1. The SMILES string of the molecule is O=[N+]([O-])c1ccc(N2N=NC3CCSc4ccc(Cl)cc4C32N2CCCC2)cc1. The van der Waals surface area contributed by atoms with Crippen LogP contribution in [-0.4, -0.2) is 34.7 Å². The second-order valence-corrected chi connectivity index (χ2v) is 9.08. The molecule has 9 heteroatoms. The van der Waals surface area contributed by atoms with Crippen molar-refractivity contribution in [3.63, 3.8) is 0 Å². The summed E-state index contributed by atoms with van der Waals surface area (Å²) >= 11 is 8.29. The molecule has 3 aliphatic rings. The fourth-order valence-corrected chi connectivity index (χ4v) is 5.95. The van der Waals surface area contributed by atoms with Gasteiger partial charge in [0, 0.05) is 46.5 Å². The summed E-state index contributed by atoms with van der Waals surface area (Å²) in [6, 6.07) is 12.6. The van der Waals surface area contributed by atoms with Gasteiger partial charge in [-0.2, -0.15) is 5.11 Å². The lowest BCUT2D eigenvalue weighted by atomic mass is 9.87. The van der Waals surface area contributed by atoms with Crippen molar-refractivity contribution in [3.8, 4) is 0 Å². The van der Waals surface area contributed by atoms with Crippen molar-refractivity contribution in [3.05, 3.63) is 63.2 Å². The van der Waals surface area contributed by atoms with Crippen LogP contribution in [0.1, 0.15) is 24.8 Å². The number of rotatable bonds is 3. The Kier molecular flexibility index (Phi) is 4.72. The zero-order valence-electron chi connectivity index (χ0n) is 15.7. The van der Waals surface area contributed by atoms with Gasteiger partial charge >= 0.3 is 0 Å². The van der Waals surface area contributed by atoms with Gasteiger partial charge in [-0.05, 0) is 49.6 Å². The third-order valence-corrected chi connectivity index (χ3v) is 7.29. The van der Waals surface area contributed by atoms with E-state index < -0.39 is 5.66 Å². The summed E-state index contributed by atoms with van der Waals surface area (Å²) in [7, 11) is 0. The lowest BCUT2D eigenvalue weighted by Crippen LogP contribution is -2.59. The first-order chi connectivity index (χ1) is 14.1. The highest BCUT2D eigenvalue weighted by Crippen LogP contribution is 2.52. The minimum atomic E-state index is -0.559. The molecule has 0 saturated carbocycles. The summed E-state index contributed by atoms with van der Waals surface area (Å²) in [5.74, 6) is 0.960. The van der Waals surface area contributed by atoms with E-state index in [0.717, 1.165) is 49.4 Å². The highest BCUT2D eigenvalue weighted by Gasteiger charge is 2.57. The number of nitro benzene ring substituents is 1. The molecular weight excluding hydrogens is 410 g/mol. The van der Waals surface area contributed by atoms with Crippen LogP contribution < -0.4 is 5.01 Å². The van der Waals surface area contributed by atoms with Crippen molar-refractivity contribution in [2.45, 2.75) is 35.9 Å². The molecule has 0 N–H and O–H groups in total. The fourth-order valence-electron chi connectivity index (χ4n) is 4.69. The molecule has 0 spiro atoms. The van der Waals surface area contributed by atoms with Gasteiger partial charge in [0.25, 0.3) is 5.69 Å². The maximum absolute atomic E-state index is 11.1. The Morgan fingerprint density at radius 1 is 1.17 bits per heavy atom. The van der Waals surface area contributed by atoms with Gasteiger partial charge in [0.2, 0.25) is 0 Å². The second-order valence-electron chi connectivity index (χ2n) is 7.50. The van der Waals surface area contributed by atoms with E-state index in [1.165, 1.54) is 17.0 Å². The Hall–Kier alpha value is -2.16. The molecule has 0 aliphatic carbocycles. The largest absolute Gasteiger partial charge is 0.274 e. The number of nitro groups is 1. The first kappa shape index (κ1) is 18.8. The third kappa shape index (κ3) is 2.93. The van der Waals surface area contributed by atoms with Crippen LogP contribution in [0.25, 0.3) is 0 Å². The molecule has 2 aromatic rings. The monoisotopic (exact) mass is 429 g/mol. The van der Waals surface area contributed by atoms with Crippen molar-refractivity contribution < 1.29 is 4.92 Å². The number of likely N-dealkylation sites (tertiary alicyclic amines) is 1. The van der Waals surface area contributed by atoms with E-state index in [1.807, 2.05) is 22.8 Å². The van der Waals surface area contributed by atoms with E-state index in [2.05, 4.69) is 22.3 Å². The summed E-state index contributed by atoms with van der Waals surface area (Å²) in [6.45, 7) is 1.92. The standard InChI is InChI=1S/C20H20ClN5O2S/c21-14-3-8-18-17(13-14)20(24-10-1-2-11-24)19(9-12-29-18)22-23-25(20)15-4-6-16(7-5-15)26(27)28/h3-8,13,19H,1-2,9-12H2. The van der Waals surface area contributed by atoms with Crippen molar-refractivity contribution in [2.24, 2.45) is 10.3 Å². The predicted octanol–water partition coefficient (Wildman–Crippen LogP) is 5.25. The molecule has 3 aliphatic heterocycles. The molecule has 0 amide bonds. The topological polar surface area (TPSA) is 74.3 Å². The van der Waals surface area contributed by atoms with E-state index in [9.17, 15) is 10.1 Å². The number of benzene rings is 2. The predicted molar refractivity (Wildman–Crippen MR) is 113 cm³/mol. The van der Waals surface area contributed by atoms with Crippen molar-refractivity contribution in [1.82, 2.24) is 4.90 Å². The van der Waals surface area contributed by atoms with E-state index in [1.54, 1.807) is 12.1 Å². The molecule has 1 saturated heterocycles. The van der Waals surface area contributed by atoms with Gasteiger partial charge in [0.05, 0.1) is 10.6 Å². The van der Waals surface area contributed by atoms with Gasteiger partial charge in [0.1, 0.15) is 6.04 Å². The Balaban J connectivity index is 1.71. The molecular formula is C20H20ClN5O2S. The lowest BCUT2D eigenvalue weighted by molar-refractivity contribution is -0.384. The van der Waals surface area contributed by atoms with Crippen LogP contribution in [0.15, 0.2) is 57.7 Å². The summed E-state index contributed by atoms with van der Waals surface area (Å²) in [6.07, 6.45) is 3.16. The van der Waals surface area contributed by atoms with Gasteiger partial charge < -0.3 is 0 Å². The second kappa shape index (κ2) is 7.27. The summed E-state index contributed by atoms with van der Waals surface area (Å²) in [5.41, 5.74) is 1.43. The van der Waals surface area contributed by atoms with Crippen LogP contribution in [0.2, 0.25) is 5.02 Å². The third-order valence-electron chi connectivity index (χ3n) is 5.95. The van der Waals surface area contributed by atoms with Gasteiger partial charge in [-0.1, -0.05) is 16.8 Å². The number of nitrogens with zero attached hydrogens (tertiary/aromatic N) is 5. The molecule has 0 radical (unpaired) electrons. The van der Waals surface area contributed by atoms with Gasteiger partial charge in [-0.15, -0.1) is 11.8 Å². The molecule has 150 valence electrons. The Bertz CT molecular complexity index is 979. The highest BCUT2D eigenvalue weighted by atomic mass is 35.5. The summed E-state index contributed by atoms with van der Waals surface area (Å²) in [5, 5.41) is 23.1. The van der Waals surface area contributed by atoms with Crippen LogP contribution in [0.5, 0.6) is 0 Å². The molecule has 7 nitrogen and oxygen atoms in total. The number of thioether (sulfide) groups is 1. The average molecular weight is 430 g/mol. The minimum Gasteiger partial charge on any atom is -0.274 e. The summed E-state index contributed by atoms with van der Waals surface area (Å²) in [4.78, 5) is 14.4. The first-order valence-electron chi connectivity index (χ1n) is 9.74. The normalized spacial score (nSPS) is 26.2. The maximum Gasteiger partial charge on any atom is 0.269 e. The highest BCUT2D eigenvalue weighted by molar-refractivity contribution is 7.99. The van der Waals surface area contributed by atoms with Crippen LogP contribution >= 0.6 is 23.4 Å². The number of halogens is 1. The van der Waals surface area contributed by atoms with Gasteiger partial charge in [-0.3, -0.25) is 15.0 Å². The average Bonchev–Trinajstić information content (AvgIpc) is 3.35. The number of hydrogen-bond donors (Lipinski definition) is 0. The van der Waals surface area contributed by atoms with E-state index in [-0.39, 0.29) is 16.7 Å². The zero-order chi connectivity index (χ0) is 20.0. The number of fused-ring (bicyclic) bond motifs is 3. The Morgan fingerprint density at radius 3 is 2.66 bits per heavy atom.